The van der Waals surface area contributed by atoms with E-state index in [1.165, 1.54) is 18.6 Å². The Morgan fingerprint density at radius 3 is 2.41 bits per heavy atom. The first kappa shape index (κ1) is 22.5. The van der Waals surface area contributed by atoms with Gasteiger partial charge in [0.2, 0.25) is 5.91 Å². The molecule has 2 amide bonds. The van der Waals surface area contributed by atoms with Crippen molar-refractivity contribution in [2.45, 2.75) is 45.1 Å². The zero-order valence-corrected chi connectivity index (χ0v) is 16.7. The number of benzene rings is 1. The number of carbonyl (C=O) groups excluding carboxylic acids is 2. The lowest BCUT2D eigenvalue weighted by molar-refractivity contribution is -0.123. The highest BCUT2D eigenvalue weighted by atomic mass is 16.4. The van der Waals surface area contributed by atoms with E-state index in [0.717, 1.165) is 5.56 Å². The largest absolute Gasteiger partial charge is 0.475 e. The van der Waals surface area contributed by atoms with E-state index in [0.29, 0.717) is 19.3 Å². The molecule has 2 rings (SSSR count). The van der Waals surface area contributed by atoms with Crippen molar-refractivity contribution in [1.82, 2.24) is 20.6 Å². The fraction of sp³-hybridized carbons (Fsp3) is 0.400. The fourth-order valence-corrected chi connectivity index (χ4v) is 2.92. The van der Waals surface area contributed by atoms with Crippen LogP contribution in [0.5, 0.6) is 0 Å². The average Bonchev–Trinajstić information content (AvgIpc) is 2.71. The van der Waals surface area contributed by atoms with Crippen molar-refractivity contribution in [3.8, 4) is 0 Å². The number of amides is 2. The van der Waals surface area contributed by atoms with Crippen molar-refractivity contribution >= 4 is 18.9 Å². The average molecular weight is 398 g/mol. The summed E-state index contributed by atoms with van der Waals surface area (Å²) in [5.74, 6) is -1.66. The van der Waals surface area contributed by atoms with Gasteiger partial charge in [0, 0.05) is 12.4 Å². The summed E-state index contributed by atoms with van der Waals surface area (Å²) in [5, 5.41) is 24.5. The van der Waals surface area contributed by atoms with Crippen LogP contribution in [0.15, 0.2) is 48.9 Å². The van der Waals surface area contributed by atoms with Crippen molar-refractivity contribution in [3.05, 3.63) is 60.2 Å². The molecular formula is C20H27BN4O4. The summed E-state index contributed by atoms with van der Waals surface area (Å²) in [4.78, 5) is 33.1. The Morgan fingerprint density at radius 1 is 1.10 bits per heavy atom. The molecule has 2 aromatic rings. The Morgan fingerprint density at radius 2 is 1.83 bits per heavy atom. The molecule has 2 atom stereocenters. The molecule has 0 spiro atoms. The summed E-state index contributed by atoms with van der Waals surface area (Å²) in [6.45, 7) is 3.84. The lowest BCUT2D eigenvalue weighted by Gasteiger charge is -2.24. The van der Waals surface area contributed by atoms with Gasteiger partial charge in [-0.1, -0.05) is 44.2 Å². The van der Waals surface area contributed by atoms with Crippen LogP contribution in [0.2, 0.25) is 0 Å². The molecular weight excluding hydrogens is 371 g/mol. The highest BCUT2D eigenvalue weighted by Crippen LogP contribution is 2.09. The molecule has 0 aliphatic heterocycles. The van der Waals surface area contributed by atoms with Crippen molar-refractivity contribution < 1.29 is 19.6 Å². The van der Waals surface area contributed by atoms with Crippen LogP contribution in [0.25, 0.3) is 0 Å². The highest BCUT2D eigenvalue weighted by molar-refractivity contribution is 6.43. The second kappa shape index (κ2) is 11.3. The van der Waals surface area contributed by atoms with E-state index in [1.54, 1.807) is 0 Å². The third-order valence-corrected chi connectivity index (χ3v) is 4.40. The van der Waals surface area contributed by atoms with Crippen molar-refractivity contribution in [3.63, 3.8) is 0 Å². The van der Waals surface area contributed by atoms with Gasteiger partial charge < -0.3 is 20.7 Å². The van der Waals surface area contributed by atoms with Crippen LogP contribution in [0, 0.1) is 5.92 Å². The Balaban J connectivity index is 2.11. The van der Waals surface area contributed by atoms with Crippen LogP contribution in [0.1, 0.15) is 42.7 Å². The van der Waals surface area contributed by atoms with Gasteiger partial charge in [-0.2, -0.15) is 0 Å². The molecule has 1 heterocycles. The van der Waals surface area contributed by atoms with Gasteiger partial charge in [-0.05, 0) is 30.7 Å². The molecule has 1 aromatic carbocycles. The molecule has 154 valence electrons. The Bertz CT molecular complexity index is 775. The molecule has 0 fully saturated rings. The Kier molecular flexibility index (Phi) is 8.76. The Labute approximate surface area is 170 Å². The van der Waals surface area contributed by atoms with Crippen LogP contribution >= 0.6 is 0 Å². The normalized spacial score (nSPS) is 12.9. The summed E-state index contributed by atoms with van der Waals surface area (Å²) in [6.07, 6.45) is 5.48. The van der Waals surface area contributed by atoms with Crippen LogP contribution in [0.3, 0.4) is 0 Å². The molecule has 9 heteroatoms. The van der Waals surface area contributed by atoms with E-state index in [9.17, 15) is 19.6 Å². The lowest BCUT2D eigenvalue weighted by Crippen LogP contribution is -2.54. The van der Waals surface area contributed by atoms with Crippen molar-refractivity contribution in [2.75, 3.05) is 0 Å². The molecule has 0 saturated heterocycles. The quantitative estimate of drug-likeness (QED) is 0.438. The van der Waals surface area contributed by atoms with E-state index >= 15 is 0 Å². The van der Waals surface area contributed by atoms with Gasteiger partial charge in [0.05, 0.1) is 12.1 Å². The van der Waals surface area contributed by atoms with Crippen molar-refractivity contribution in [1.29, 1.82) is 0 Å². The van der Waals surface area contributed by atoms with Gasteiger partial charge in [0.15, 0.2) is 0 Å². The van der Waals surface area contributed by atoms with E-state index in [1.807, 2.05) is 44.2 Å². The maximum atomic E-state index is 12.8. The number of hydrogen-bond donors (Lipinski definition) is 4. The minimum atomic E-state index is -1.69. The molecule has 4 N–H and O–H groups in total. The molecule has 0 bridgehead atoms. The number of hydrogen-bond acceptors (Lipinski definition) is 6. The number of nitrogens with zero attached hydrogens (tertiary/aromatic N) is 2. The summed E-state index contributed by atoms with van der Waals surface area (Å²) < 4.78 is 0. The maximum Gasteiger partial charge on any atom is 0.475 e. The van der Waals surface area contributed by atoms with Crippen LogP contribution in [0.4, 0.5) is 0 Å². The predicted molar refractivity (Wildman–Crippen MR) is 110 cm³/mol. The third kappa shape index (κ3) is 7.63. The Hall–Kier alpha value is -2.78. The van der Waals surface area contributed by atoms with Crippen LogP contribution in [-0.4, -0.2) is 50.9 Å². The van der Waals surface area contributed by atoms with E-state index in [2.05, 4.69) is 20.6 Å². The van der Waals surface area contributed by atoms with Gasteiger partial charge >= 0.3 is 7.12 Å². The molecule has 8 nitrogen and oxygen atoms in total. The van der Waals surface area contributed by atoms with Crippen LogP contribution < -0.4 is 10.6 Å². The number of aromatic nitrogens is 2. The van der Waals surface area contributed by atoms with Gasteiger partial charge in [0.25, 0.3) is 5.91 Å². The molecule has 0 aliphatic rings. The number of carbonyl (C=O) groups is 2. The van der Waals surface area contributed by atoms with Gasteiger partial charge in [0.1, 0.15) is 11.7 Å². The first-order chi connectivity index (χ1) is 13.9. The summed E-state index contributed by atoms with van der Waals surface area (Å²) in [5.41, 5.74) is 1.13. The second-order valence-corrected chi connectivity index (χ2v) is 7.30. The summed E-state index contributed by atoms with van der Waals surface area (Å²) in [7, 11) is -1.69. The molecule has 2 unspecified atom stereocenters. The van der Waals surface area contributed by atoms with Gasteiger partial charge in [-0.25, -0.2) is 4.98 Å². The molecule has 1 aromatic heterocycles. The van der Waals surface area contributed by atoms with E-state index < -0.39 is 30.9 Å². The minimum Gasteiger partial charge on any atom is -0.426 e. The van der Waals surface area contributed by atoms with Gasteiger partial charge in [-0.15, -0.1) is 0 Å². The molecule has 29 heavy (non-hydrogen) atoms. The maximum absolute atomic E-state index is 12.8. The zero-order chi connectivity index (χ0) is 21.2. The molecule has 0 aliphatic carbocycles. The van der Waals surface area contributed by atoms with E-state index in [4.69, 9.17) is 0 Å². The number of nitrogens with one attached hydrogen (secondary N) is 2. The topological polar surface area (TPSA) is 124 Å². The van der Waals surface area contributed by atoms with Crippen LogP contribution in [-0.2, 0) is 11.2 Å². The van der Waals surface area contributed by atoms with Gasteiger partial charge in [-0.3, -0.25) is 14.6 Å². The SMILES string of the molecule is CC(C)CC(NC(=O)C(CCc1ccccc1)NC(=O)c1cnccn1)B(O)O. The fourth-order valence-electron chi connectivity index (χ4n) is 2.92. The highest BCUT2D eigenvalue weighted by Gasteiger charge is 2.30. The first-order valence-corrected chi connectivity index (χ1v) is 9.64. The standard InChI is InChI=1S/C20H27BN4O4/c1-14(2)12-18(21(28)29)25-19(26)16(9-8-15-6-4-3-5-7-15)24-20(27)17-13-22-10-11-23-17/h3-7,10-11,13-14,16,18,28-29H,8-9,12H2,1-2H3,(H,24,27)(H,25,26). The number of rotatable bonds is 10. The summed E-state index contributed by atoms with van der Waals surface area (Å²) in [6, 6.07) is 8.74. The predicted octanol–water partition coefficient (Wildman–Crippen LogP) is 0.751. The monoisotopic (exact) mass is 398 g/mol. The third-order valence-electron chi connectivity index (χ3n) is 4.40. The zero-order valence-electron chi connectivity index (χ0n) is 16.7. The van der Waals surface area contributed by atoms with E-state index in [-0.39, 0.29) is 11.6 Å². The first-order valence-electron chi connectivity index (χ1n) is 9.64. The molecule has 0 radical (unpaired) electrons. The summed E-state index contributed by atoms with van der Waals surface area (Å²) >= 11 is 0. The lowest BCUT2D eigenvalue weighted by atomic mass is 9.75. The number of aryl methyl sites for hydroxylation is 1. The van der Waals surface area contributed by atoms with Crippen molar-refractivity contribution in [2.24, 2.45) is 5.92 Å². The minimum absolute atomic E-state index is 0.103. The smallest absolute Gasteiger partial charge is 0.426 e. The molecule has 0 saturated carbocycles. The second-order valence-electron chi connectivity index (χ2n) is 7.30.